The second kappa shape index (κ2) is 16.1. The van der Waals surface area contributed by atoms with Gasteiger partial charge in [0.1, 0.15) is 11.0 Å². The van der Waals surface area contributed by atoms with Crippen LogP contribution in [0.5, 0.6) is 0 Å². The van der Waals surface area contributed by atoms with Crippen LogP contribution in [0, 0.1) is 0 Å². The summed E-state index contributed by atoms with van der Waals surface area (Å²) >= 11 is 0. The molecule has 2 aromatic heterocycles. The van der Waals surface area contributed by atoms with Crippen LogP contribution in [0.25, 0.3) is 45.1 Å². The molecule has 11 rings (SSSR count). The first-order chi connectivity index (χ1) is 31.9. The van der Waals surface area contributed by atoms with Crippen molar-refractivity contribution in [3.8, 4) is 22.9 Å². The molecule has 2 aliphatic rings. The normalized spacial score (nSPS) is 16.6. The summed E-state index contributed by atoms with van der Waals surface area (Å²) < 4.78 is 12.5. The minimum absolute atomic E-state index is 0.0316. The molecule has 0 amide bonds. The van der Waals surface area contributed by atoms with E-state index in [1.807, 2.05) is 12.1 Å². The zero-order valence-corrected chi connectivity index (χ0v) is 38.2. The number of hydrogen-bond donors (Lipinski definition) is 0. The maximum atomic E-state index is 6.23. The lowest BCUT2D eigenvalue weighted by molar-refractivity contribution is 0.589. The number of rotatable bonds is 8. The number of oxazole rings is 2. The number of hydrogen-bond acceptors (Lipinski definition) is 8. The molecular weight excluding hydrogens is 813 g/mol. The summed E-state index contributed by atoms with van der Waals surface area (Å²) in [6.45, 7) is 13.3. The molecule has 8 heteroatoms. The largest absolute Gasteiger partial charge is 0.436 e. The standard InChI is InChI=1S/C58H52N6O2/c1-57(2,3)43-25-31-53-49(33-43)59-55(65-53)41-21-27-45(28-22-41)63-51(39-13-9-7-10-14-39)35-47(61-63)37-17-19-38(20-18-37)48-36-52(40-15-11-8-12-16-40)64(62-48)46-29-23-42(24-30-46)56-60-50-34-44(58(4,5)6)26-32-54(50)66-56/h7-34,51-52H,35-36H2,1-6H3. The van der Waals surface area contributed by atoms with E-state index in [9.17, 15) is 0 Å². The average molecular weight is 865 g/mol. The second-order valence-corrected chi connectivity index (χ2v) is 19.6. The molecule has 66 heavy (non-hydrogen) atoms. The predicted octanol–water partition coefficient (Wildman–Crippen LogP) is 14.6. The molecule has 2 aliphatic heterocycles. The number of hydrazone groups is 2. The van der Waals surface area contributed by atoms with Gasteiger partial charge in [0, 0.05) is 24.0 Å². The molecule has 0 fully saturated rings. The van der Waals surface area contributed by atoms with Gasteiger partial charge in [-0.3, -0.25) is 10.0 Å². The van der Waals surface area contributed by atoms with Gasteiger partial charge in [0.05, 0.1) is 34.9 Å². The van der Waals surface area contributed by atoms with E-state index in [1.165, 1.54) is 22.3 Å². The molecule has 326 valence electrons. The highest BCUT2D eigenvalue weighted by atomic mass is 16.4. The molecule has 9 aromatic rings. The third-order valence-electron chi connectivity index (χ3n) is 13.0. The van der Waals surface area contributed by atoms with Crippen LogP contribution >= 0.6 is 0 Å². The van der Waals surface area contributed by atoms with E-state index in [-0.39, 0.29) is 22.9 Å². The van der Waals surface area contributed by atoms with Gasteiger partial charge in [-0.15, -0.1) is 0 Å². The summed E-state index contributed by atoms with van der Waals surface area (Å²) in [6, 6.07) is 59.6. The third kappa shape index (κ3) is 7.87. The van der Waals surface area contributed by atoms with Crippen LogP contribution in [0.1, 0.15) is 99.8 Å². The fraction of sp³-hybridized carbons (Fsp3) is 0.207. The van der Waals surface area contributed by atoms with E-state index in [4.69, 9.17) is 29.0 Å². The Labute approximate surface area is 386 Å². The minimum Gasteiger partial charge on any atom is -0.436 e. The summed E-state index contributed by atoms with van der Waals surface area (Å²) in [7, 11) is 0. The minimum atomic E-state index is 0.0316. The molecule has 0 spiro atoms. The Bertz CT molecular complexity index is 3040. The average Bonchev–Trinajstić information content (AvgIpc) is 4.16. The summed E-state index contributed by atoms with van der Waals surface area (Å²) in [6.07, 6.45) is 1.54. The van der Waals surface area contributed by atoms with Crippen molar-refractivity contribution < 1.29 is 8.83 Å². The maximum Gasteiger partial charge on any atom is 0.227 e. The van der Waals surface area contributed by atoms with Crippen molar-refractivity contribution in [2.24, 2.45) is 10.2 Å². The van der Waals surface area contributed by atoms with Crippen LogP contribution < -0.4 is 10.0 Å². The van der Waals surface area contributed by atoms with Crippen LogP contribution in [0.3, 0.4) is 0 Å². The van der Waals surface area contributed by atoms with E-state index in [0.29, 0.717) is 11.8 Å². The van der Waals surface area contributed by atoms with Crippen LogP contribution in [0.2, 0.25) is 0 Å². The van der Waals surface area contributed by atoms with Gasteiger partial charge in [0.25, 0.3) is 0 Å². The van der Waals surface area contributed by atoms with Gasteiger partial charge in [-0.1, -0.05) is 139 Å². The Hall–Kier alpha value is -7.58. The molecule has 7 aromatic carbocycles. The molecule has 0 bridgehead atoms. The zero-order valence-electron chi connectivity index (χ0n) is 38.2. The Morgan fingerprint density at radius 3 is 1.15 bits per heavy atom. The summed E-state index contributed by atoms with van der Waals surface area (Å²) in [4.78, 5) is 9.75. The van der Waals surface area contributed by atoms with Crippen molar-refractivity contribution in [2.75, 3.05) is 10.0 Å². The monoisotopic (exact) mass is 864 g/mol. The molecule has 2 unspecified atom stereocenters. The van der Waals surface area contributed by atoms with Crippen molar-refractivity contribution in [1.82, 2.24) is 9.97 Å². The summed E-state index contributed by atoms with van der Waals surface area (Å²) in [5, 5.41) is 14.9. The first kappa shape index (κ1) is 41.1. The second-order valence-electron chi connectivity index (χ2n) is 19.6. The number of anilines is 2. The fourth-order valence-corrected chi connectivity index (χ4v) is 9.12. The highest BCUT2D eigenvalue weighted by Gasteiger charge is 2.32. The molecule has 0 aliphatic carbocycles. The van der Waals surface area contributed by atoms with E-state index in [0.717, 1.165) is 80.1 Å². The van der Waals surface area contributed by atoms with E-state index in [1.54, 1.807) is 0 Å². The highest BCUT2D eigenvalue weighted by Crippen LogP contribution is 2.40. The molecular formula is C58H52N6O2. The van der Waals surface area contributed by atoms with Gasteiger partial charge in [-0.05, 0) is 117 Å². The van der Waals surface area contributed by atoms with Crippen LogP contribution in [0.15, 0.2) is 189 Å². The number of fused-ring (bicyclic) bond motifs is 2. The van der Waals surface area contributed by atoms with Gasteiger partial charge in [0.2, 0.25) is 11.8 Å². The predicted molar refractivity (Wildman–Crippen MR) is 268 cm³/mol. The van der Waals surface area contributed by atoms with Crippen LogP contribution in [-0.2, 0) is 10.8 Å². The van der Waals surface area contributed by atoms with Crippen LogP contribution in [0.4, 0.5) is 11.4 Å². The Balaban J connectivity index is 0.857. The molecule has 0 saturated carbocycles. The molecule has 0 radical (unpaired) electrons. The van der Waals surface area contributed by atoms with Crippen molar-refractivity contribution in [3.63, 3.8) is 0 Å². The SMILES string of the molecule is CC(C)(C)c1ccc2oc(-c3ccc(N4N=C(c5ccc(C6=NN(c7ccc(-c8nc9cc(C(C)(C)C)ccc9o8)cc7)C(c7ccccc7)C6)cc5)CC4c4ccccc4)cc3)nc2c1. The fourth-order valence-electron chi connectivity index (χ4n) is 9.12. The lowest BCUT2D eigenvalue weighted by Crippen LogP contribution is -2.18. The van der Waals surface area contributed by atoms with Crippen molar-refractivity contribution >= 4 is 45.0 Å². The third-order valence-corrected chi connectivity index (χ3v) is 13.0. The van der Waals surface area contributed by atoms with Crippen molar-refractivity contribution in [2.45, 2.75) is 77.3 Å². The number of aromatic nitrogens is 2. The van der Waals surface area contributed by atoms with Crippen molar-refractivity contribution in [1.29, 1.82) is 0 Å². The molecule has 0 N–H and O–H groups in total. The molecule has 2 atom stereocenters. The number of nitrogens with zero attached hydrogens (tertiary/aromatic N) is 6. The molecule has 0 saturated heterocycles. The van der Waals surface area contributed by atoms with E-state index >= 15 is 0 Å². The summed E-state index contributed by atoms with van der Waals surface area (Å²) in [5.41, 5.74) is 16.4. The first-order valence-corrected chi connectivity index (χ1v) is 22.9. The van der Waals surface area contributed by atoms with Crippen LogP contribution in [-0.4, -0.2) is 21.4 Å². The lowest BCUT2D eigenvalue weighted by Gasteiger charge is -2.24. The smallest absolute Gasteiger partial charge is 0.227 e. The van der Waals surface area contributed by atoms with E-state index < -0.39 is 0 Å². The van der Waals surface area contributed by atoms with E-state index in [2.05, 4.69) is 209 Å². The first-order valence-electron chi connectivity index (χ1n) is 22.9. The summed E-state index contributed by atoms with van der Waals surface area (Å²) in [5.74, 6) is 1.23. The molecule has 8 nitrogen and oxygen atoms in total. The van der Waals surface area contributed by atoms with Gasteiger partial charge in [0.15, 0.2) is 11.2 Å². The maximum absolute atomic E-state index is 6.23. The van der Waals surface area contributed by atoms with Gasteiger partial charge in [-0.25, -0.2) is 9.97 Å². The lowest BCUT2D eigenvalue weighted by atomic mass is 9.87. The number of benzene rings is 7. The Morgan fingerprint density at radius 2 is 0.788 bits per heavy atom. The van der Waals surface area contributed by atoms with Gasteiger partial charge < -0.3 is 8.83 Å². The topological polar surface area (TPSA) is 83.3 Å². The van der Waals surface area contributed by atoms with Gasteiger partial charge >= 0.3 is 0 Å². The quantitative estimate of drug-likeness (QED) is 0.151. The van der Waals surface area contributed by atoms with Crippen molar-refractivity contribution in [3.05, 3.63) is 203 Å². The molecule has 4 heterocycles. The Morgan fingerprint density at radius 1 is 0.424 bits per heavy atom. The van der Waals surface area contributed by atoms with Gasteiger partial charge in [-0.2, -0.15) is 10.2 Å². The Kier molecular flexibility index (Phi) is 10.1. The zero-order chi connectivity index (χ0) is 45.2. The highest BCUT2D eigenvalue weighted by molar-refractivity contribution is 6.06.